The predicted octanol–water partition coefficient (Wildman–Crippen LogP) is 5.16. The number of para-hydroxylation sites is 1. The van der Waals surface area contributed by atoms with E-state index in [1.54, 1.807) is 11.3 Å². The van der Waals surface area contributed by atoms with Gasteiger partial charge in [0.1, 0.15) is 11.3 Å². The number of fused-ring (bicyclic) bond motifs is 1. The topological polar surface area (TPSA) is 29.9 Å². The molecule has 0 aliphatic carbocycles. The second-order valence-corrected chi connectivity index (χ2v) is 6.19. The summed E-state index contributed by atoms with van der Waals surface area (Å²) >= 11 is 7.34. The third-order valence-corrected chi connectivity index (χ3v) is 4.86. The van der Waals surface area contributed by atoms with Crippen LogP contribution in [0.1, 0.15) is 31.2 Å². The van der Waals surface area contributed by atoms with Crippen molar-refractivity contribution >= 4 is 34.6 Å². The Bertz CT molecular complexity index is 786. The number of aromatic amines is 1. The van der Waals surface area contributed by atoms with Crippen molar-refractivity contribution in [1.82, 2.24) is 9.55 Å². The molecule has 0 aliphatic rings. The zero-order valence-corrected chi connectivity index (χ0v) is 13.8. The van der Waals surface area contributed by atoms with E-state index in [0.717, 1.165) is 28.0 Å². The maximum atomic E-state index is 5.70. The van der Waals surface area contributed by atoms with Crippen molar-refractivity contribution in [3.05, 3.63) is 45.4 Å². The Labute approximate surface area is 133 Å². The first-order valence-corrected chi connectivity index (χ1v) is 8.44. The van der Waals surface area contributed by atoms with Crippen LogP contribution in [0.2, 0.25) is 0 Å². The third-order valence-electron chi connectivity index (χ3n) is 3.58. The molecule has 2 heterocycles. The van der Waals surface area contributed by atoms with Gasteiger partial charge >= 0.3 is 0 Å². The van der Waals surface area contributed by atoms with Crippen molar-refractivity contribution in [1.29, 1.82) is 0 Å². The molecule has 3 rings (SSSR count). The predicted molar refractivity (Wildman–Crippen MR) is 91.0 cm³/mol. The molecule has 0 aliphatic heterocycles. The largest absolute Gasteiger partial charge is 0.492 e. The molecule has 0 bridgehead atoms. The number of rotatable bonds is 5. The minimum atomic E-state index is 0.267. The smallest absolute Gasteiger partial charge is 0.178 e. The van der Waals surface area contributed by atoms with Gasteiger partial charge in [-0.2, -0.15) is 0 Å². The van der Waals surface area contributed by atoms with Gasteiger partial charge in [0.15, 0.2) is 4.77 Å². The van der Waals surface area contributed by atoms with Crippen LogP contribution < -0.4 is 4.74 Å². The summed E-state index contributed by atoms with van der Waals surface area (Å²) in [5.41, 5.74) is 2.09. The Morgan fingerprint density at radius 3 is 2.81 bits per heavy atom. The molecule has 2 aromatic heterocycles. The number of nitrogens with zero attached hydrogens (tertiary/aromatic N) is 1. The van der Waals surface area contributed by atoms with Crippen LogP contribution in [-0.4, -0.2) is 16.2 Å². The maximum absolute atomic E-state index is 5.70. The zero-order chi connectivity index (χ0) is 14.8. The molecular formula is C16H18N2OS2. The molecule has 1 unspecified atom stereocenters. The lowest BCUT2D eigenvalue weighted by Gasteiger charge is -2.16. The van der Waals surface area contributed by atoms with Crippen LogP contribution in [0.4, 0.5) is 0 Å². The second kappa shape index (κ2) is 6.03. The normalized spacial score (nSPS) is 12.7. The monoisotopic (exact) mass is 318 g/mol. The fourth-order valence-electron chi connectivity index (χ4n) is 2.70. The molecule has 0 saturated carbocycles. The van der Waals surface area contributed by atoms with E-state index in [9.17, 15) is 0 Å². The summed E-state index contributed by atoms with van der Waals surface area (Å²) in [6, 6.07) is 10.6. The molecule has 0 fully saturated rings. The maximum Gasteiger partial charge on any atom is 0.178 e. The molecule has 21 heavy (non-hydrogen) atoms. The number of H-pyrrole nitrogens is 1. The van der Waals surface area contributed by atoms with E-state index in [2.05, 4.69) is 40.1 Å². The quantitative estimate of drug-likeness (QED) is 0.659. The first kappa shape index (κ1) is 14.4. The molecule has 1 atom stereocenters. The lowest BCUT2D eigenvalue weighted by atomic mass is 10.1. The van der Waals surface area contributed by atoms with Crippen LogP contribution in [0.3, 0.4) is 0 Å². The Morgan fingerprint density at radius 2 is 2.14 bits per heavy atom. The average Bonchev–Trinajstić information content (AvgIpc) is 3.10. The van der Waals surface area contributed by atoms with E-state index in [-0.39, 0.29) is 6.04 Å². The molecule has 0 spiro atoms. The van der Waals surface area contributed by atoms with Gasteiger partial charge in [-0.3, -0.25) is 0 Å². The van der Waals surface area contributed by atoms with Crippen molar-refractivity contribution in [3.8, 4) is 5.75 Å². The van der Waals surface area contributed by atoms with Gasteiger partial charge in [-0.1, -0.05) is 19.1 Å². The van der Waals surface area contributed by atoms with Crippen LogP contribution in [0.25, 0.3) is 11.0 Å². The summed E-state index contributed by atoms with van der Waals surface area (Å²) in [6.45, 7) is 4.83. The number of nitrogens with one attached hydrogen (secondary N) is 1. The second-order valence-electron chi connectivity index (χ2n) is 4.82. The van der Waals surface area contributed by atoms with E-state index in [4.69, 9.17) is 17.0 Å². The van der Waals surface area contributed by atoms with Crippen LogP contribution in [0.15, 0.2) is 35.7 Å². The summed E-state index contributed by atoms with van der Waals surface area (Å²) in [4.78, 5) is 4.64. The molecule has 1 N–H and O–H groups in total. The molecule has 110 valence electrons. The molecule has 0 radical (unpaired) electrons. The van der Waals surface area contributed by atoms with Gasteiger partial charge < -0.3 is 14.3 Å². The molecule has 0 amide bonds. The molecule has 3 nitrogen and oxygen atoms in total. The Morgan fingerprint density at radius 1 is 1.29 bits per heavy atom. The lowest BCUT2D eigenvalue weighted by Crippen LogP contribution is -2.08. The summed E-state index contributed by atoms with van der Waals surface area (Å²) in [7, 11) is 0. The first-order chi connectivity index (χ1) is 10.3. The number of benzene rings is 1. The molecule has 5 heteroatoms. The molecule has 0 saturated heterocycles. The summed E-state index contributed by atoms with van der Waals surface area (Å²) in [5, 5.41) is 2.11. The van der Waals surface area contributed by atoms with Crippen LogP contribution in [-0.2, 0) is 0 Å². The zero-order valence-electron chi connectivity index (χ0n) is 12.1. The van der Waals surface area contributed by atoms with Gasteiger partial charge in [-0.25, -0.2) is 0 Å². The lowest BCUT2D eigenvalue weighted by molar-refractivity contribution is 0.343. The van der Waals surface area contributed by atoms with E-state index in [1.807, 2.05) is 19.1 Å². The standard InChI is InChI=1S/C16H18N2OS2/c1-3-11(14-9-6-10-21-14)18-12-7-5-8-13(19-4-2)15(12)17-16(18)20/h5-11H,3-4H2,1-2H3,(H,17,20). The highest BCUT2D eigenvalue weighted by Crippen LogP contribution is 2.32. The van der Waals surface area contributed by atoms with Gasteiger partial charge in [-0.15, -0.1) is 11.3 Å². The highest BCUT2D eigenvalue weighted by molar-refractivity contribution is 7.71. The van der Waals surface area contributed by atoms with Gasteiger partial charge in [0.25, 0.3) is 0 Å². The van der Waals surface area contributed by atoms with Crippen molar-refractivity contribution < 1.29 is 4.74 Å². The van der Waals surface area contributed by atoms with Crippen molar-refractivity contribution in [2.45, 2.75) is 26.3 Å². The van der Waals surface area contributed by atoms with Gasteiger partial charge in [0.05, 0.1) is 18.2 Å². The van der Waals surface area contributed by atoms with E-state index >= 15 is 0 Å². The molecule has 3 aromatic rings. The van der Waals surface area contributed by atoms with Crippen LogP contribution in [0.5, 0.6) is 5.75 Å². The van der Waals surface area contributed by atoms with E-state index < -0.39 is 0 Å². The van der Waals surface area contributed by atoms with Gasteiger partial charge in [0.2, 0.25) is 0 Å². The summed E-state index contributed by atoms with van der Waals surface area (Å²) in [5.74, 6) is 0.862. The van der Waals surface area contributed by atoms with Crippen molar-refractivity contribution in [2.75, 3.05) is 6.61 Å². The van der Waals surface area contributed by atoms with Crippen molar-refractivity contribution in [3.63, 3.8) is 0 Å². The minimum Gasteiger partial charge on any atom is -0.492 e. The molecule has 1 aromatic carbocycles. The van der Waals surface area contributed by atoms with Crippen LogP contribution in [0, 0.1) is 4.77 Å². The number of thiophene rings is 1. The Kier molecular flexibility index (Phi) is 4.12. The minimum absolute atomic E-state index is 0.267. The number of hydrogen-bond acceptors (Lipinski definition) is 3. The Balaban J connectivity index is 2.21. The average molecular weight is 318 g/mol. The van der Waals surface area contributed by atoms with Gasteiger partial charge in [0, 0.05) is 4.88 Å². The fourth-order valence-corrected chi connectivity index (χ4v) is 3.93. The van der Waals surface area contributed by atoms with E-state index in [0.29, 0.717) is 6.61 Å². The highest BCUT2D eigenvalue weighted by atomic mass is 32.1. The fraction of sp³-hybridized carbons (Fsp3) is 0.312. The Hall–Kier alpha value is -1.59. The SMILES string of the molecule is CCOc1cccc2c1[nH]c(=S)n2C(CC)c1cccs1. The van der Waals surface area contributed by atoms with E-state index in [1.165, 1.54) is 4.88 Å². The summed E-state index contributed by atoms with van der Waals surface area (Å²) in [6.07, 6.45) is 1.00. The van der Waals surface area contributed by atoms with Gasteiger partial charge in [-0.05, 0) is 49.1 Å². The third kappa shape index (κ3) is 2.51. The van der Waals surface area contributed by atoms with Crippen LogP contribution >= 0.6 is 23.6 Å². The molecular weight excluding hydrogens is 300 g/mol. The number of aromatic nitrogens is 2. The first-order valence-electron chi connectivity index (χ1n) is 7.15. The highest BCUT2D eigenvalue weighted by Gasteiger charge is 2.18. The number of hydrogen-bond donors (Lipinski definition) is 1. The number of imidazole rings is 1. The van der Waals surface area contributed by atoms with Crippen molar-refractivity contribution in [2.24, 2.45) is 0 Å². The summed E-state index contributed by atoms with van der Waals surface area (Å²) < 4.78 is 8.66. The number of ether oxygens (including phenoxy) is 1.